The fraction of sp³-hybridized carbons (Fsp3) is 0.600. The van der Waals surface area contributed by atoms with Crippen molar-refractivity contribution in [1.82, 2.24) is 5.32 Å². The first-order valence-corrected chi connectivity index (χ1v) is 6.88. The summed E-state index contributed by atoms with van der Waals surface area (Å²) >= 11 is 0. The Bertz CT molecular complexity index is 369. The van der Waals surface area contributed by atoms with Crippen LogP contribution in [-0.4, -0.2) is 45.1 Å². The maximum atomic E-state index is 9.06. The molecule has 0 aliphatic heterocycles. The highest BCUT2D eigenvalue weighted by atomic mass is 16.5. The van der Waals surface area contributed by atoms with Gasteiger partial charge in [0, 0.05) is 39.0 Å². The van der Waals surface area contributed by atoms with Crippen LogP contribution in [0.25, 0.3) is 0 Å². The molecule has 0 radical (unpaired) electrons. The maximum absolute atomic E-state index is 9.06. The number of nitrogens with one attached hydrogen (secondary N) is 1. The van der Waals surface area contributed by atoms with E-state index >= 15 is 0 Å². The van der Waals surface area contributed by atoms with E-state index in [2.05, 4.69) is 42.3 Å². The number of hydrogen-bond acceptors (Lipinski definition) is 4. The minimum absolute atomic E-state index is 0.188. The molecule has 1 aromatic rings. The third-order valence-electron chi connectivity index (χ3n) is 3.24. The molecule has 4 nitrogen and oxygen atoms in total. The van der Waals surface area contributed by atoms with Crippen LogP contribution in [0, 0.1) is 6.92 Å². The molecule has 0 aromatic heterocycles. The van der Waals surface area contributed by atoms with Crippen LogP contribution in [0.5, 0.6) is 0 Å². The molecule has 0 saturated carbocycles. The Kier molecular flexibility index (Phi) is 7.48. The van der Waals surface area contributed by atoms with Gasteiger partial charge in [-0.05, 0) is 37.1 Å². The Morgan fingerprint density at radius 2 is 2.16 bits per heavy atom. The summed E-state index contributed by atoms with van der Waals surface area (Å²) in [7, 11) is 1.71. The van der Waals surface area contributed by atoms with Gasteiger partial charge >= 0.3 is 0 Å². The average molecular weight is 266 g/mol. The van der Waals surface area contributed by atoms with Crippen molar-refractivity contribution in [3.05, 3.63) is 29.3 Å². The summed E-state index contributed by atoms with van der Waals surface area (Å²) in [5.41, 5.74) is 3.76. The maximum Gasteiger partial charge on any atom is 0.0606 e. The number of anilines is 1. The van der Waals surface area contributed by atoms with Gasteiger partial charge in [-0.15, -0.1) is 0 Å². The highest BCUT2D eigenvalue weighted by Crippen LogP contribution is 2.19. The number of hydrogen-bond donors (Lipinski definition) is 2. The Morgan fingerprint density at radius 1 is 1.37 bits per heavy atom. The van der Waals surface area contributed by atoms with Crippen LogP contribution in [0.4, 0.5) is 5.69 Å². The fourth-order valence-electron chi connectivity index (χ4n) is 2.06. The Labute approximate surface area is 116 Å². The van der Waals surface area contributed by atoms with Crippen LogP contribution in [0.1, 0.15) is 18.1 Å². The molecule has 0 atom stereocenters. The first-order chi connectivity index (χ1) is 9.22. The molecular formula is C15H26N2O2. The first-order valence-electron chi connectivity index (χ1n) is 6.88. The number of aliphatic hydroxyl groups excluding tert-OH is 1. The second kappa shape index (κ2) is 8.91. The summed E-state index contributed by atoms with van der Waals surface area (Å²) in [6, 6.07) is 6.47. The Hall–Kier alpha value is -1.10. The SMILES string of the molecule is CCN(CCO)c1ccc(CNCCOC)c(C)c1. The number of benzene rings is 1. The zero-order chi connectivity index (χ0) is 14.1. The third kappa shape index (κ3) is 5.19. The molecule has 0 bridgehead atoms. The van der Waals surface area contributed by atoms with E-state index in [1.807, 2.05) is 0 Å². The monoisotopic (exact) mass is 266 g/mol. The predicted octanol–water partition coefficient (Wildman–Crippen LogP) is 1.55. The van der Waals surface area contributed by atoms with Crippen LogP contribution >= 0.6 is 0 Å². The zero-order valence-electron chi connectivity index (χ0n) is 12.3. The quantitative estimate of drug-likeness (QED) is 0.666. The van der Waals surface area contributed by atoms with E-state index in [1.54, 1.807) is 7.11 Å². The molecule has 0 unspecified atom stereocenters. The van der Waals surface area contributed by atoms with Gasteiger partial charge in [-0.1, -0.05) is 6.07 Å². The lowest BCUT2D eigenvalue weighted by Crippen LogP contribution is -2.26. The summed E-state index contributed by atoms with van der Waals surface area (Å²) < 4.78 is 5.01. The lowest BCUT2D eigenvalue weighted by atomic mass is 10.1. The van der Waals surface area contributed by atoms with Gasteiger partial charge in [-0.25, -0.2) is 0 Å². The second-order valence-electron chi connectivity index (χ2n) is 4.58. The fourth-order valence-corrected chi connectivity index (χ4v) is 2.06. The molecule has 0 spiro atoms. The van der Waals surface area contributed by atoms with Gasteiger partial charge in [-0.2, -0.15) is 0 Å². The minimum Gasteiger partial charge on any atom is -0.395 e. The first kappa shape index (κ1) is 16.0. The Balaban J connectivity index is 2.62. The van der Waals surface area contributed by atoms with Crippen molar-refractivity contribution in [3.8, 4) is 0 Å². The second-order valence-corrected chi connectivity index (χ2v) is 4.58. The highest BCUT2D eigenvalue weighted by molar-refractivity contribution is 5.50. The van der Waals surface area contributed by atoms with Crippen molar-refractivity contribution in [2.24, 2.45) is 0 Å². The van der Waals surface area contributed by atoms with E-state index in [4.69, 9.17) is 9.84 Å². The van der Waals surface area contributed by atoms with Crippen molar-refractivity contribution in [2.75, 3.05) is 44.9 Å². The molecule has 1 aromatic carbocycles. The number of methoxy groups -OCH3 is 1. The summed E-state index contributed by atoms with van der Waals surface area (Å²) in [6.45, 7) is 8.47. The van der Waals surface area contributed by atoms with Gasteiger partial charge in [0.15, 0.2) is 0 Å². The highest BCUT2D eigenvalue weighted by Gasteiger charge is 2.05. The third-order valence-corrected chi connectivity index (χ3v) is 3.24. The van der Waals surface area contributed by atoms with E-state index < -0.39 is 0 Å². The van der Waals surface area contributed by atoms with Gasteiger partial charge in [-0.3, -0.25) is 0 Å². The summed E-state index contributed by atoms with van der Waals surface area (Å²) in [6.07, 6.45) is 0. The van der Waals surface area contributed by atoms with Crippen molar-refractivity contribution < 1.29 is 9.84 Å². The average Bonchev–Trinajstić information content (AvgIpc) is 2.42. The van der Waals surface area contributed by atoms with E-state index in [0.29, 0.717) is 6.54 Å². The molecule has 0 heterocycles. The summed E-state index contributed by atoms with van der Waals surface area (Å²) in [5.74, 6) is 0. The molecule has 0 aliphatic rings. The molecule has 0 saturated heterocycles. The number of nitrogens with zero attached hydrogens (tertiary/aromatic N) is 1. The minimum atomic E-state index is 0.188. The number of ether oxygens (including phenoxy) is 1. The molecular weight excluding hydrogens is 240 g/mol. The van der Waals surface area contributed by atoms with Crippen molar-refractivity contribution in [3.63, 3.8) is 0 Å². The van der Waals surface area contributed by atoms with Crippen LogP contribution in [0.2, 0.25) is 0 Å². The molecule has 4 heteroatoms. The van der Waals surface area contributed by atoms with Crippen molar-refractivity contribution >= 4 is 5.69 Å². The summed E-state index contributed by atoms with van der Waals surface area (Å²) in [4.78, 5) is 2.18. The standard InChI is InChI=1S/C15H26N2O2/c1-4-17(8-9-18)15-6-5-14(13(2)11-15)12-16-7-10-19-3/h5-6,11,16,18H,4,7-10,12H2,1-3H3. The number of aryl methyl sites for hydroxylation is 1. The number of likely N-dealkylation sites (N-methyl/N-ethyl adjacent to an activating group) is 1. The van der Waals surface area contributed by atoms with Crippen molar-refractivity contribution in [1.29, 1.82) is 0 Å². The molecule has 108 valence electrons. The number of rotatable bonds is 9. The Morgan fingerprint density at radius 3 is 2.74 bits per heavy atom. The lowest BCUT2D eigenvalue weighted by Gasteiger charge is -2.23. The largest absolute Gasteiger partial charge is 0.395 e. The number of aliphatic hydroxyl groups is 1. The van der Waals surface area contributed by atoms with Crippen LogP contribution < -0.4 is 10.2 Å². The normalized spacial score (nSPS) is 10.7. The molecule has 0 amide bonds. The van der Waals surface area contributed by atoms with Gasteiger partial charge in [0.2, 0.25) is 0 Å². The smallest absolute Gasteiger partial charge is 0.0606 e. The van der Waals surface area contributed by atoms with E-state index in [1.165, 1.54) is 16.8 Å². The van der Waals surface area contributed by atoms with Crippen molar-refractivity contribution in [2.45, 2.75) is 20.4 Å². The van der Waals surface area contributed by atoms with E-state index in [9.17, 15) is 0 Å². The van der Waals surface area contributed by atoms with Gasteiger partial charge < -0.3 is 20.1 Å². The predicted molar refractivity (Wildman–Crippen MR) is 79.7 cm³/mol. The van der Waals surface area contributed by atoms with Gasteiger partial charge in [0.1, 0.15) is 0 Å². The molecule has 1 rings (SSSR count). The van der Waals surface area contributed by atoms with E-state index in [0.717, 1.165) is 26.2 Å². The van der Waals surface area contributed by atoms with E-state index in [-0.39, 0.29) is 6.61 Å². The molecule has 0 aliphatic carbocycles. The van der Waals surface area contributed by atoms with Crippen LogP contribution in [-0.2, 0) is 11.3 Å². The van der Waals surface area contributed by atoms with Crippen LogP contribution in [0.3, 0.4) is 0 Å². The summed E-state index contributed by atoms with van der Waals surface area (Å²) in [5, 5.41) is 12.4. The molecule has 19 heavy (non-hydrogen) atoms. The topological polar surface area (TPSA) is 44.7 Å². The lowest BCUT2D eigenvalue weighted by molar-refractivity contribution is 0.199. The molecule has 0 fully saturated rings. The van der Waals surface area contributed by atoms with Crippen LogP contribution in [0.15, 0.2) is 18.2 Å². The molecule has 2 N–H and O–H groups in total. The van der Waals surface area contributed by atoms with Gasteiger partial charge in [0.05, 0.1) is 13.2 Å². The van der Waals surface area contributed by atoms with Gasteiger partial charge in [0.25, 0.3) is 0 Å². The zero-order valence-corrected chi connectivity index (χ0v) is 12.3.